The maximum atomic E-state index is 4.08. The van der Waals surface area contributed by atoms with Crippen molar-refractivity contribution in [3.8, 4) is 0 Å². The average Bonchev–Trinajstić information content (AvgIpc) is 2.34. The van der Waals surface area contributed by atoms with E-state index in [0.717, 1.165) is 25.0 Å². The van der Waals surface area contributed by atoms with Crippen LogP contribution in [0.25, 0.3) is 0 Å². The van der Waals surface area contributed by atoms with Crippen LogP contribution in [0.5, 0.6) is 0 Å². The molecule has 0 spiro atoms. The number of H-pyrrole nitrogens is 1. The number of nitrogens with zero attached hydrogens (tertiary/aromatic N) is 2. The van der Waals surface area contributed by atoms with E-state index in [1.165, 1.54) is 5.69 Å². The summed E-state index contributed by atoms with van der Waals surface area (Å²) < 4.78 is 0. The van der Waals surface area contributed by atoms with Crippen molar-refractivity contribution in [1.82, 2.24) is 15.4 Å². The van der Waals surface area contributed by atoms with Gasteiger partial charge in [0.25, 0.3) is 0 Å². The highest BCUT2D eigenvalue weighted by molar-refractivity contribution is 5.10. The monoisotopic (exact) mass is 181 g/mol. The van der Waals surface area contributed by atoms with Crippen molar-refractivity contribution >= 4 is 0 Å². The molecule has 0 aliphatic heterocycles. The summed E-state index contributed by atoms with van der Waals surface area (Å²) in [6.45, 7) is 8.84. The molecule has 3 nitrogen and oxygen atoms in total. The maximum absolute atomic E-state index is 4.08. The van der Waals surface area contributed by atoms with Crippen LogP contribution in [0.3, 0.4) is 0 Å². The zero-order valence-corrected chi connectivity index (χ0v) is 9.02. The largest absolute Gasteiger partial charge is 0.262 e. The molecule has 1 aromatic heterocycles. The van der Waals surface area contributed by atoms with E-state index in [1.807, 2.05) is 0 Å². The summed E-state index contributed by atoms with van der Waals surface area (Å²) in [7, 11) is 0. The molecule has 0 saturated carbocycles. The van der Waals surface area contributed by atoms with Gasteiger partial charge in [-0.05, 0) is 18.3 Å². The van der Waals surface area contributed by atoms with Crippen LogP contribution in [-0.4, -0.2) is 15.4 Å². The third-order valence-electron chi connectivity index (χ3n) is 1.90. The normalized spacial score (nSPS) is 12.0. The van der Waals surface area contributed by atoms with Gasteiger partial charge < -0.3 is 0 Å². The first-order valence-electron chi connectivity index (χ1n) is 4.91. The van der Waals surface area contributed by atoms with Crippen LogP contribution in [0.1, 0.15) is 45.5 Å². The molecular weight excluding hydrogens is 162 g/mol. The molecule has 0 atom stereocenters. The molecule has 1 N–H and O–H groups in total. The van der Waals surface area contributed by atoms with Crippen molar-refractivity contribution in [1.29, 1.82) is 0 Å². The Balaban J connectivity index is 2.70. The van der Waals surface area contributed by atoms with E-state index >= 15 is 0 Å². The summed E-state index contributed by atoms with van der Waals surface area (Å²) in [5.74, 6) is 0. The summed E-state index contributed by atoms with van der Waals surface area (Å²) >= 11 is 0. The fourth-order valence-electron chi connectivity index (χ4n) is 1.38. The minimum Gasteiger partial charge on any atom is -0.262 e. The van der Waals surface area contributed by atoms with Crippen molar-refractivity contribution in [2.75, 3.05) is 0 Å². The highest BCUT2D eigenvalue weighted by Crippen LogP contribution is 2.20. The summed E-state index contributed by atoms with van der Waals surface area (Å²) in [6.07, 6.45) is 3.18. The van der Waals surface area contributed by atoms with Crippen molar-refractivity contribution in [3.05, 3.63) is 11.4 Å². The van der Waals surface area contributed by atoms with Gasteiger partial charge in [-0.3, -0.25) is 5.10 Å². The van der Waals surface area contributed by atoms with Gasteiger partial charge in [0.2, 0.25) is 0 Å². The summed E-state index contributed by atoms with van der Waals surface area (Å²) in [6, 6.07) is 0. The smallest absolute Gasteiger partial charge is 0.0856 e. The van der Waals surface area contributed by atoms with Crippen molar-refractivity contribution < 1.29 is 0 Å². The van der Waals surface area contributed by atoms with Gasteiger partial charge in [-0.2, -0.15) is 0 Å². The molecule has 0 saturated heterocycles. The van der Waals surface area contributed by atoms with E-state index in [4.69, 9.17) is 0 Å². The summed E-state index contributed by atoms with van der Waals surface area (Å²) in [5.41, 5.74) is 2.64. The van der Waals surface area contributed by atoms with Crippen LogP contribution in [0.15, 0.2) is 0 Å². The summed E-state index contributed by atoms with van der Waals surface area (Å²) in [4.78, 5) is 0. The molecule has 0 unspecified atom stereocenters. The number of rotatable bonds is 3. The Morgan fingerprint density at radius 1 is 1.31 bits per heavy atom. The Hall–Kier alpha value is -0.860. The highest BCUT2D eigenvalue weighted by atomic mass is 15.3. The van der Waals surface area contributed by atoms with Crippen LogP contribution >= 0.6 is 0 Å². The molecule has 74 valence electrons. The molecule has 1 heterocycles. The maximum Gasteiger partial charge on any atom is 0.0856 e. The van der Waals surface area contributed by atoms with Gasteiger partial charge in [0, 0.05) is 0 Å². The Labute approximate surface area is 79.9 Å². The van der Waals surface area contributed by atoms with Gasteiger partial charge in [0.1, 0.15) is 0 Å². The van der Waals surface area contributed by atoms with E-state index in [2.05, 4.69) is 43.1 Å². The fraction of sp³-hybridized carbons (Fsp3) is 0.800. The molecule has 0 fully saturated rings. The number of aromatic amines is 1. The van der Waals surface area contributed by atoms with Gasteiger partial charge in [0.15, 0.2) is 0 Å². The van der Waals surface area contributed by atoms with E-state index < -0.39 is 0 Å². The SMILES string of the molecule is CCCc1nn[nH]c1CC(C)(C)C. The lowest BCUT2D eigenvalue weighted by molar-refractivity contribution is 0.404. The number of hydrogen-bond acceptors (Lipinski definition) is 2. The molecule has 13 heavy (non-hydrogen) atoms. The van der Waals surface area contributed by atoms with E-state index in [-0.39, 0.29) is 0 Å². The van der Waals surface area contributed by atoms with Crippen LogP contribution in [0.2, 0.25) is 0 Å². The van der Waals surface area contributed by atoms with Gasteiger partial charge >= 0.3 is 0 Å². The molecule has 0 radical (unpaired) electrons. The van der Waals surface area contributed by atoms with Gasteiger partial charge in [-0.25, -0.2) is 0 Å². The van der Waals surface area contributed by atoms with Crippen LogP contribution < -0.4 is 0 Å². The predicted molar refractivity (Wildman–Crippen MR) is 53.5 cm³/mol. The Bertz CT molecular complexity index is 257. The number of aromatic nitrogens is 3. The lowest BCUT2D eigenvalue weighted by Crippen LogP contribution is -2.11. The van der Waals surface area contributed by atoms with Crippen molar-refractivity contribution in [2.45, 2.75) is 47.0 Å². The Morgan fingerprint density at radius 2 is 2.00 bits per heavy atom. The molecular formula is C10H19N3. The lowest BCUT2D eigenvalue weighted by Gasteiger charge is -2.16. The Morgan fingerprint density at radius 3 is 2.54 bits per heavy atom. The lowest BCUT2D eigenvalue weighted by atomic mass is 9.89. The Kier molecular flexibility index (Phi) is 3.07. The molecule has 1 rings (SSSR count). The minimum absolute atomic E-state index is 0.302. The molecule has 0 aromatic carbocycles. The van der Waals surface area contributed by atoms with Gasteiger partial charge in [-0.15, -0.1) is 5.10 Å². The first-order chi connectivity index (χ1) is 6.03. The zero-order valence-electron chi connectivity index (χ0n) is 9.02. The molecule has 0 aliphatic rings. The molecule has 0 aliphatic carbocycles. The standard InChI is InChI=1S/C10H19N3/c1-5-6-8-9(12-13-11-8)7-10(2,3)4/h5-7H2,1-4H3,(H,11,12,13). The first-order valence-corrected chi connectivity index (χ1v) is 4.91. The first kappa shape index (κ1) is 10.2. The quantitative estimate of drug-likeness (QED) is 0.777. The predicted octanol–water partition coefficient (Wildman–Crippen LogP) is 2.35. The van der Waals surface area contributed by atoms with Crippen LogP contribution in [-0.2, 0) is 12.8 Å². The van der Waals surface area contributed by atoms with E-state index in [0.29, 0.717) is 5.41 Å². The highest BCUT2D eigenvalue weighted by Gasteiger charge is 2.15. The molecule has 0 amide bonds. The molecule has 0 bridgehead atoms. The third kappa shape index (κ3) is 3.17. The molecule has 1 aromatic rings. The number of nitrogens with one attached hydrogen (secondary N) is 1. The van der Waals surface area contributed by atoms with E-state index in [9.17, 15) is 0 Å². The minimum atomic E-state index is 0.302. The third-order valence-corrected chi connectivity index (χ3v) is 1.90. The topological polar surface area (TPSA) is 41.6 Å². The molecule has 3 heteroatoms. The summed E-state index contributed by atoms with van der Waals surface area (Å²) in [5, 5.41) is 10.9. The number of hydrogen-bond donors (Lipinski definition) is 1. The second-order valence-corrected chi connectivity index (χ2v) is 4.72. The van der Waals surface area contributed by atoms with Crippen LogP contribution in [0, 0.1) is 5.41 Å². The average molecular weight is 181 g/mol. The second kappa shape index (κ2) is 3.90. The number of aryl methyl sites for hydroxylation is 1. The van der Waals surface area contributed by atoms with Crippen LogP contribution in [0.4, 0.5) is 0 Å². The van der Waals surface area contributed by atoms with Crippen molar-refractivity contribution in [2.24, 2.45) is 5.41 Å². The van der Waals surface area contributed by atoms with E-state index in [1.54, 1.807) is 0 Å². The van der Waals surface area contributed by atoms with Crippen molar-refractivity contribution in [3.63, 3.8) is 0 Å². The fourth-order valence-corrected chi connectivity index (χ4v) is 1.38. The zero-order chi connectivity index (χ0) is 9.90. The second-order valence-electron chi connectivity index (χ2n) is 4.72. The van der Waals surface area contributed by atoms with Gasteiger partial charge in [0.05, 0.1) is 11.4 Å². The van der Waals surface area contributed by atoms with Gasteiger partial charge in [-0.1, -0.05) is 39.3 Å².